The van der Waals surface area contributed by atoms with E-state index in [2.05, 4.69) is 12.2 Å². The molecule has 1 aromatic rings. The lowest BCUT2D eigenvalue weighted by Crippen LogP contribution is -2.41. The van der Waals surface area contributed by atoms with Crippen LogP contribution in [0.3, 0.4) is 0 Å². The van der Waals surface area contributed by atoms with E-state index in [0.29, 0.717) is 6.54 Å². The van der Waals surface area contributed by atoms with Gasteiger partial charge >= 0.3 is 0 Å². The highest BCUT2D eigenvalue weighted by molar-refractivity contribution is 7.92. The summed E-state index contributed by atoms with van der Waals surface area (Å²) in [7, 11) is -3.66. The van der Waals surface area contributed by atoms with E-state index in [1.165, 1.54) is 12.1 Å². The van der Waals surface area contributed by atoms with Crippen LogP contribution in [-0.2, 0) is 14.8 Å². The Kier molecular flexibility index (Phi) is 6.86. The van der Waals surface area contributed by atoms with Crippen molar-refractivity contribution in [1.29, 1.82) is 5.26 Å². The van der Waals surface area contributed by atoms with Crippen LogP contribution in [0.25, 0.3) is 0 Å². The molecule has 1 aromatic carbocycles. The van der Waals surface area contributed by atoms with E-state index in [1.54, 1.807) is 12.1 Å². The molecule has 0 aromatic heterocycles. The van der Waals surface area contributed by atoms with E-state index in [4.69, 9.17) is 5.26 Å². The van der Waals surface area contributed by atoms with Crippen LogP contribution in [0.15, 0.2) is 24.3 Å². The fraction of sp³-hybridized carbons (Fsp3) is 0.467. The van der Waals surface area contributed by atoms with E-state index in [9.17, 15) is 13.2 Å². The largest absolute Gasteiger partial charge is 0.355 e. The molecule has 0 bridgehead atoms. The van der Waals surface area contributed by atoms with Crippen molar-refractivity contribution in [3.63, 3.8) is 0 Å². The van der Waals surface area contributed by atoms with Gasteiger partial charge in [-0.25, -0.2) is 8.42 Å². The molecule has 0 atom stereocenters. The van der Waals surface area contributed by atoms with Crippen molar-refractivity contribution in [3.8, 4) is 6.07 Å². The predicted molar refractivity (Wildman–Crippen MR) is 85.9 cm³/mol. The summed E-state index contributed by atoms with van der Waals surface area (Å²) in [5, 5.41) is 11.8. The number of para-hydroxylation sites is 1. The first kappa shape index (κ1) is 18.0. The third-order valence-corrected chi connectivity index (χ3v) is 4.21. The van der Waals surface area contributed by atoms with Crippen LogP contribution >= 0.6 is 0 Å². The minimum Gasteiger partial charge on any atom is -0.355 e. The van der Waals surface area contributed by atoms with E-state index in [-0.39, 0.29) is 23.7 Å². The third kappa shape index (κ3) is 5.37. The topological polar surface area (TPSA) is 90.3 Å². The highest BCUT2D eigenvalue weighted by Crippen LogP contribution is 2.21. The molecule has 22 heavy (non-hydrogen) atoms. The number of nitriles is 1. The first-order valence-electron chi connectivity index (χ1n) is 7.13. The number of carbonyl (C=O) groups excluding carboxylic acids is 1. The molecular weight excluding hydrogens is 302 g/mol. The molecule has 0 saturated carbocycles. The lowest BCUT2D eigenvalue weighted by Gasteiger charge is -2.22. The van der Waals surface area contributed by atoms with Crippen molar-refractivity contribution >= 4 is 21.6 Å². The van der Waals surface area contributed by atoms with Gasteiger partial charge in [-0.3, -0.25) is 9.10 Å². The maximum absolute atomic E-state index is 11.9. The van der Waals surface area contributed by atoms with Gasteiger partial charge in [0.25, 0.3) is 0 Å². The fourth-order valence-corrected chi connectivity index (χ4v) is 2.82. The predicted octanol–water partition coefficient (Wildman–Crippen LogP) is 1.63. The van der Waals surface area contributed by atoms with Crippen LogP contribution in [0.4, 0.5) is 5.69 Å². The van der Waals surface area contributed by atoms with Gasteiger partial charge in [0.1, 0.15) is 12.6 Å². The van der Waals surface area contributed by atoms with Gasteiger partial charge in [-0.15, -0.1) is 0 Å². The standard InChI is InChI=1S/C15H21N3O3S/c1-3-4-7-10-17-15(19)12-18(22(2,20)21)14-9-6-5-8-13(14)11-16/h5-6,8-9H,3-4,7,10,12H2,1-2H3,(H,17,19). The summed E-state index contributed by atoms with van der Waals surface area (Å²) in [6.45, 7) is 2.25. The molecular formula is C15H21N3O3S. The number of hydrogen-bond donors (Lipinski definition) is 1. The van der Waals surface area contributed by atoms with Crippen LogP contribution in [-0.4, -0.2) is 33.7 Å². The Morgan fingerprint density at radius 2 is 2.00 bits per heavy atom. The van der Waals surface area contributed by atoms with E-state index in [0.717, 1.165) is 29.8 Å². The normalized spacial score (nSPS) is 10.8. The second kappa shape index (κ2) is 8.39. The molecule has 0 saturated heterocycles. The quantitative estimate of drug-likeness (QED) is 0.736. The summed E-state index contributed by atoms with van der Waals surface area (Å²) in [5.41, 5.74) is 0.433. The molecule has 6 nitrogen and oxygen atoms in total. The highest BCUT2D eigenvalue weighted by Gasteiger charge is 2.22. The second-order valence-electron chi connectivity index (χ2n) is 4.96. The molecule has 0 aliphatic heterocycles. The van der Waals surface area contributed by atoms with Crippen LogP contribution in [0, 0.1) is 11.3 Å². The summed E-state index contributed by atoms with van der Waals surface area (Å²) >= 11 is 0. The molecule has 120 valence electrons. The maximum atomic E-state index is 11.9. The highest BCUT2D eigenvalue weighted by atomic mass is 32.2. The van der Waals surface area contributed by atoms with Gasteiger partial charge in [-0.2, -0.15) is 5.26 Å². The lowest BCUT2D eigenvalue weighted by atomic mass is 10.2. The zero-order valence-corrected chi connectivity index (χ0v) is 13.7. The number of rotatable bonds is 8. The Bertz CT molecular complexity index is 650. The van der Waals surface area contributed by atoms with Gasteiger partial charge in [-0.05, 0) is 18.6 Å². The molecule has 0 aliphatic carbocycles. The Morgan fingerprint density at radius 1 is 1.32 bits per heavy atom. The van der Waals surface area contributed by atoms with Crippen molar-refractivity contribution in [3.05, 3.63) is 29.8 Å². The van der Waals surface area contributed by atoms with Gasteiger partial charge in [-0.1, -0.05) is 31.9 Å². The van der Waals surface area contributed by atoms with Crippen LogP contribution in [0.2, 0.25) is 0 Å². The Hall–Kier alpha value is -2.07. The molecule has 1 amide bonds. The summed E-state index contributed by atoms with van der Waals surface area (Å²) in [6.07, 6.45) is 3.93. The Morgan fingerprint density at radius 3 is 2.59 bits per heavy atom. The van der Waals surface area contributed by atoms with E-state index in [1.807, 2.05) is 6.07 Å². The van der Waals surface area contributed by atoms with Crippen molar-refractivity contribution in [1.82, 2.24) is 5.32 Å². The van der Waals surface area contributed by atoms with Gasteiger partial charge in [0.15, 0.2) is 0 Å². The number of anilines is 1. The summed E-state index contributed by atoms with van der Waals surface area (Å²) < 4.78 is 24.9. The van der Waals surface area contributed by atoms with Crippen molar-refractivity contribution < 1.29 is 13.2 Å². The first-order chi connectivity index (χ1) is 10.4. The van der Waals surface area contributed by atoms with Crippen molar-refractivity contribution in [2.75, 3.05) is 23.7 Å². The second-order valence-corrected chi connectivity index (χ2v) is 6.86. The number of amides is 1. The summed E-state index contributed by atoms with van der Waals surface area (Å²) in [5.74, 6) is -0.380. The van der Waals surface area contributed by atoms with Gasteiger partial charge in [0.05, 0.1) is 17.5 Å². The molecule has 1 N–H and O–H groups in total. The molecule has 7 heteroatoms. The average molecular weight is 323 g/mol. The summed E-state index contributed by atoms with van der Waals surface area (Å²) in [6, 6.07) is 8.26. The first-order valence-corrected chi connectivity index (χ1v) is 8.98. The molecule has 0 spiro atoms. The zero-order chi connectivity index (χ0) is 16.6. The van der Waals surface area contributed by atoms with Gasteiger partial charge < -0.3 is 5.32 Å². The van der Waals surface area contributed by atoms with Gasteiger partial charge in [0.2, 0.25) is 15.9 Å². The van der Waals surface area contributed by atoms with Gasteiger partial charge in [0, 0.05) is 6.54 Å². The number of benzene rings is 1. The van der Waals surface area contributed by atoms with E-state index < -0.39 is 10.0 Å². The minimum atomic E-state index is -3.66. The average Bonchev–Trinajstić information content (AvgIpc) is 2.48. The monoisotopic (exact) mass is 323 g/mol. The number of carbonyl (C=O) groups is 1. The Labute approximate surface area is 131 Å². The van der Waals surface area contributed by atoms with Crippen molar-refractivity contribution in [2.45, 2.75) is 26.2 Å². The van der Waals surface area contributed by atoms with E-state index >= 15 is 0 Å². The lowest BCUT2D eigenvalue weighted by molar-refractivity contribution is -0.119. The smallest absolute Gasteiger partial charge is 0.240 e. The number of hydrogen-bond acceptors (Lipinski definition) is 4. The number of nitrogens with one attached hydrogen (secondary N) is 1. The molecule has 0 radical (unpaired) electrons. The number of unbranched alkanes of at least 4 members (excludes halogenated alkanes) is 2. The Balaban J connectivity index is 2.88. The van der Waals surface area contributed by atoms with Crippen LogP contribution in [0.1, 0.15) is 31.7 Å². The number of nitrogens with zero attached hydrogens (tertiary/aromatic N) is 2. The molecule has 0 fully saturated rings. The van der Waals surface area contributed by atoms with Crippen LogP contribution < -0.4 is 9.62 Å². The number of sulfonamides is 1. The molecule has 1 rings (SSSR count). The molecule has 0 heterocycles. The van der Waals surface area contributed by atoms with Crippen molar-refractivity contribution in [2.24, 2.45) is 0 Å². The fourth-order valence-electron chi connectivity index (χ4n) is 1.96. The summed E-state index contributed by atoms with van der Waals surface area (Å²) in [4.78, 5) is 11.9. The molecule has 0 unspecified atom stereocenters. The molecule has 0 aliphatic rings. The zero-order valence-electron chi connectivity index (χ0n) is 12.9. The minimum absolute atomic E-state index is 0.215. The van der Waals surface area contributed by atoms with Crippen LogP contribution in [0.5, 0.6) is 0 Å². The third-order valence-electron chi connectivity index (χ3n) is 3.08. The SMILES string of the molecule is CCCCCNC(=O)CN(c1ccccc1C#N)S(C)(=O)=O. The maximum Gasteiger partial charge on any atom is 0.240 e.